The molecule has 104 valence electrons. The van der Waals surface area contributed by atoms with Crippen LogP contribution in [0.1, 0.15) is 24.2 Å². The minimum absolute atomic E-state index is 0.0869. The Balaban J connectivity index is 2.64. The van der Waals surface area contributed by atoms with Crippen LogP contribution in [0.5, 0.6) is 5.75 Å². The molecule has 0 aliphatic carbocycles. The maximum atomic E-state index is 12.0. The van der Waals surface area contributed by atoms with E-state index in [2.05, 4.69) is 10.1 Å². The third-order valence-corrected chi connectivity index (χ3v) is 2.39. The number of hydrogen-bond donors (Lipinski definition) is 1. The number of carbonyl (C=O) groups excluding carboxylic acids is 2. The van der Waals surface area contributed by atoms with E-state index in [-0.39, 0.29) is 29.6 Å². The van der Waals surface area contributed by atoms with Gasteiger partial charge in [-0.2, -0.15) is 8.78 Å². The van der Waals surface area contributed by atoms with E-state index in [0.717, 1.165) is 0 Å². The summed E-state index contributed by atoms with van der Waals surface area (Å²) in [6, 6.07) is 5.40. The van der Waals surface area contributed by atoms with E-state index in [1.54, 1.807) is 13.8 Å². The second-order valence-electron chi connectivity index (χ2n) is 4.21. The van der Waals surface area contributed by atoms with Gasteiger partial charge in [0.25, 0.3) is 5.91 Å². The maximum Gasteiger partial charge on any atom is 0.387 e. The summed E-state index contributed by atoms with van der Waals surface area (Å²) in [6.07, 6.45) is 0. The lowest BCUT2D eigenvalue weighted by Crippen LogP contribution is -2.31. The standard InChI is InChI=1S/C13H15F2NO3/c1-8(2)11(17)7-16-12(18)9-4-3-5-10(6-9)19-13(14)15/h3-6,8,13H,7H2,1-2H3,(H,16,18). The van der Waals surface area contributed by atoms with Crippen molar-refractivity contribution in [2.45, 2.75) is 20.5 Å². The molecule has 6 heteroatoms. The molecular weight excluding hydrogens is 256 g/mol. The number of alkyl halides is 2. The lowest BCUT2D eigenvalue weighted by Gasteiger charge is -2.08. The van der Waals surface area contributed by atoms with Crippen LogP contribution >= 0.6 is 0 Å². The van der Waals surface area contributed by atoms with E-state index in [4.69, 9.17) is 0 Å². The van der Waals surface area contributed by atoms with Crippen molar-refractivity contribution < 1.29 is 23.1 Å². The molecule has 19 heavy (non-hydrogen) atoms. The molecule has 1 aromatic rings. The monoisotopic (exact) mass is 271 g/mol. The van der Waals surface area contributed by atoms with Gasteiger partial charge in [0.2, 0.25) is 0 Å². The lowest BCUT2D eigenvalue weighted by molar-refractivity contribution is -0.120. The predicted molar refractivity (Wildman–Crippen MR) is 65.3 cm³/mol. The first kappa shape index (κ1) is 15.1. The van der Waals surface area contributed by atoms with Crippen LogP contribution < -0.4 is 10.1 Å². The Hall–Kier alpha value is -1.98. The second-order valence-corrected chi connectivity index (χ2v) is 4.21. The van der Waals surface area contributed by atoms with Gasteiger partial charge in [0.1, 0.15) is 5.75 Å². The number of ether oxygens (including phenoxy) is 1. The highest BCUT2D eigenvalue weighted by Gasteiger charge is 2.12. The molecule has 0 aromatic heterocycles. The zero-order valence-electron chi connectivity index (χ0n) is 10.7. The van der Waals surface area contributed by atoms with Gasteiger partial charge in [0.05, 0.1) is 6.54 Å². The summed E-state index contributed by atoms with van der Waals surface area (Å²) in [6.45, 7) is 0.425. The largest absolute Gasteiger partial charge is 0.435 e. The molecule has 0 atom stereocenters. The molecule has 0 heterocycles. The van der Waals surface area contributed by atoms with Crippen LogP contribution in [0.25, 0.3) is 0 Å². The molecule has 0 fully saturated rings. The van der Waals surface area contributed by atoms with Crippen molar-refractivity contribution in [1.29, 1.82) is 0 Å². The van der Waals surface area contributed by atoms with E-state index in [1.807, 2.05) is 0 Å². The summed E-state index contributed by atoms with van der Waals surface area (Å²) in [5.74, 6) is -0.881. The zero-order valence-corrected chi connectivity index (χ0v) is 10.7. The Morgan fingerprint density at radius 1 is 1.32 bits per heavy atom. The third kappa shape index (κ3) is 5.03. The van der Waals surface area contributed by atoms with E-state index >= 15 is 0 Å². The number of hydrogen-bond acceptors (Lipinski definition) is 3. The highest BCUT2D eigenvalue weighted by atomic mass is 19.3. The predicted octanol–water partition coefficient (Wildman–Crippen LogP) is 2.24. The molecule has 0 saturated heterocycles. The van der Waals surface area contributed by atoms with Crippen LogP contribution in [0.15, 0.2) is 24.3 Å². The van der Waals surface area contributed by atoms with Crippen molar-refractivity contribution in [1.82, 2.24) is 5.32 Å². The van der Waals surface area contributed by atoms with Gasteiger partial charge in [0.15, 0.2) is 5.78 Å². The molecule has 4 nitrogen and oxygen atoms in total. The van der Waals surface area contributed by atoms with Crippen LogP contribution in [-0.4, -0.2) is 24.8 Å². The van der Waals surface area contributed by atoms with Gasteiger partial charge in [-0.15, -0.1) is 0 Å². The minimum Gasteiger partial charge on any atom is -0.435 e. The SMILES string of the molecule is CC(C)C(=O)CNC(=O)c1cccc(OC(F)F)c1. The fraction of sp³-hybridized carbons (Fsp3) is 0.385. The first-order chi connectivity index (χ1) is 8.90. The van der Waals surface area contributed by atoms with E-state index in [1.165, 1.54) is 24.3 Å². The number of halogens is 2. The molecule has 0 unspecified atom stereocenters. The van der Waals surface area contributed by atoms with Crippen LogP contribution in [-0.2, 0) is 4.79 Å². The number of carbonyl (C=O) groups is 2. The molecule has 0 aliphatic rings. The van der Waals surface area contributed by atoms with Gasteiger partial charge in [-0.25, -0.2) is 0 Å². The van der Waals surface area contributed by atoms with Crippen LogP contribution in [0.3, 0.4) is 0 Å². The zero-order chi connectivity index (χ0) is 14.4. The van der Waals surface area contributed by atoms with Crippen molar-refractivity contribution in [3.05, 3.63) is 29.8 Å². The van der Waals surface area contributed by atoms with Crippen molar-refractivity contribution in [2.24, 2.45) is 5.92 Å². The van der Waals surface area contributed by atoms with E-state index < -0.39 is 12.5 Å². The van der Waals surface area contributed by atoms with Crippen molar-refractivity contribution >= 4 is 11.7 Å². The fourth-order valence-corrected chi connectivity index (χ4v) is 1.29. The third-order valence-electron chi connectivity index (χ3n) is 2.39. The fourth-order valence-electron chi connectivity index (χ4n) is 1.29. The van der Waals surface area contributed by atoms with E-state index in [9.17, 15) is 18.4 Å². The summed E-state index contributed by atoms with van der Waals surface area (Å²) >= 11 is 0. The van der Waals surface area contributed by atoms with Crippen LogP contribution in [0.4, 0.5) is 8.78 Å². The van der Waals surface area contributed by atoms with E-state index in [0.29, 0.717) is 0 Å². The summed E-state index contributed by atoms with van der Waals surface area (Å²) in [5, 5.41) is 2.43. The van der Waals surface area contributed by atoms with Crippen molar-refractivity contribution in [2.75, 3.05) is 6.54 Å². The second kappa shape index (κ2) is 6.82. The molecule has 0 saturated carbocycles. The highest BCUT2D eigenvalue weighted by molar-refractivity contribution is 5.97. The van der Waals surface area contributed by atoms with Gasteiger partial charge >= 0.3 is 6.61 Å². The quantitative estimate of drug-likeness (QED) is 0.863. The summed E-state index contributed by atoms with van der Waals surface area (Å²) < 4.78 is 28.2. The Bertz CT molecular complexity index is 461. The van der Waals surface area contributed by atoms with Gasteiger partial charge in [-0.05, 0) is 18.2 Å². The lowest BCUT2D eigenvalue weighted by atomic mass is 10.1. The molecule has 0 radical (unpaired) electrons. The Morgan fingerprint density at radius 2 is 2.00 bits per heavy atom. The maximum absolute atomic E-state index is 12.0. The molecule has 1 N–H and O–H groups in total. The smallest absolute Gasteiger partial charge is 0.387 e. The van der Waals surface area contributed by atoms with Gasteiger partial charge in [-0.3, -0.25) is 9.59 Å². The van der Waals surface area contributed by atoms with Crippen LogP contribution in [0.2, 0.25) is 0 Å². The number of nitrogens with one attached hydrogen (secondary N) is 1. The van der Waals surface area contributed by atoms with Crippen molar-refractivity contribution in [3.63, 3.8) is 0 Å². The first-order valence-corrected chi connectivity index (χ1v) is 5.76. The molecule has 0 bridgehead atoms. The Labute approximate surface area is 109 Å². The summed E-state index contributed by atoms with van der Waals surface area (Å²) in [7, 11) is 0. The number of rotatable bonds is 6. The molecule has 0 aliphatic heterocycles. The Morgan fingerprint density at radius 3 is 2.58 bits per heavy atom. The molecule has 0 spiro atoms. The van der Waals surface area contributed by atoms with Crippen molar-refractivity contribution in [3.8, 4) is 5.75 Å². The number of ketones is 1. The molecular formula is C13H15F2NO3. The molecule has 1 rings (SSSR count). The van der Waals surface area contributed by atoms with Crippen LogP contribution in [0, 0.1) is 5.92 Å². The summed E-state index contributed by atoms with van der Waals surface area (Å²) in [5.41, 5.74) is 0.162. The highest BCUT2D eigenvalue weighted by Crippen LogP contribution is 2.15. The first-order valence-electron chi connectivity index (χ1n) is 5.76. The Kier molecular flexibility index (Phi) is 5.41. The topological polar surface area (TPSA) is 55.4 Å². The number of benzene rings is 1. The van der Waals surface area contributed by atoms with Gasteiger partial charge < -0.3 is 10.1 Å². The average Bonchev–Trinajstić information content (AvgIpc) is 2.34. The normalized spacial score (nSPS) is 10.6. The molecule has 1 amide bonds. The van der Waals surface area contributed by atoms with Gasteiger partial charge in [0, 0.05) is 11.5 Å². The molecule has 1 aromatic carbocycles. The summed E-state index contributed by atoms with van der Waals surface area (Å²) in [4.78, 5) is 23.1. The number of amides is 1. The minimum atomic E-state index is -2.94. The van der Waals surface area contributed by atoms with Gasteiger partial charge in [-0.1, -0.05) is 19.9 Å². The average molecular weight is 271 g/mol. The number of Topliss-reactive ketones (excluding diaryl/α,β-unsaturated/α-hetero) is 1.